The number of nitrogens with two attached hydrogens (primary N) is 1. The van der Waals surface area contributed by atoms with Gasteiger partial charge in [0.2, 0.25) is 0 Å². The van der Waals surface area contributed by atoms with E-state index >= 15 is 0 Å². The summed E-state index contributed by atoms with van der Waals surface area (Å²) in [5.41, 5.74) is 6.92. The van der Waals surface area contributed by atoms with Crippen molar-refractivity contribution in [3.8, 4) is 11.5 Å². The summed E-state index contributed by atoms with van der Waals surface area (Å²) in [6, 6.07) is 11.9. The van der Waals surface area contributed by atoms with Gasteiger partial charge in [0.15, 0.2) is 11.6 Å². The predicted molar refractivity (Wildman–Crippen MR) is 75.1 cm³/mol. The first-order chi connectivity index (χ1) is 9.11. The van der Waals surface area contributed by atoms with Crippen LogP contribution in [0.5, 0.6) is 11.5 Å². The fourth-order valence-corrected chi connectivity index (χ4v) is 1.90. The molecule has 0 spiro atoms. The minimum absolute atomic E-state index is 0.0407. The van der Waals surface area contributed by atoms with Crippen molar-refractivity contribution in [2.45, 2.75) is 19.4 Å². The Kier molecular flexibility index (Phi) is 4.40. The van der Waals surface area contributed by atoms with E-state index in [0.29, 0.717) is 5.75 Å². The molecule has 2 nitrogen and oxygen atoms in total. The molecule has 0 radical (unpaired) electrons. The van der Waals surface area contributed by atoms with Crippen molar-refractivity contribution in [3.05, 3.63) is 58.9 Å². The SMILES string of the molecule is CCC(N)c1cccc(Oc2cccc(Cl)c2F)c1. The van der Waals surface area contributed by atoms with Gasteiger partial charge in [0.1, 0.15) is 5.75 Å². The molecule has 1 atom stereocenters. The third kappa shape index (κ3) is 3.25. The van der Waals surface area contributed by atoms with Crippen LogP contribution in [-0.2, 0) is 0 Å². The van der Waals surface area contributed by atoms with Gasteiger partial charge < -0.3 is 10.5 Å². The summed E-state index contributed by atoms with van der Waals surface area (Å²) in [6.07, 6.45) is 0.828. The van der Waals surface area contributed by atoms with Crippen LogP contribution in [0.4, 0.5) is 4.39 Å². The van der Waals surface area contributed by atoms with E-state index < -0.39 is 5.82 Å². The number of benzene rings is 2. The first-order valence-electron chi connectivity index (χ1n) is 6.09. The molecule has 1 unspecified atom stereocenters. The van der Waals surface area contributed by atoms with Crippen molar-refractivity contribution in [2.75, 3.05) is 0 Å². The summed E-state index contributed by atoms with van der Waals surface area (Å²) in [4.78, 5) is 0. The van der Waals surface area contributed by atoms with Crippen LogP contribution in [0.15, 0.2) is 42.5 Å². The Morgan fingerprint density at radius 1 is 1.26 bits per heavy atom. The quantitative estimate of drug-likeness (QED) is 0.882. The molecule has 0 aliphatic carbocycles. The molecule has 0 fully saturated rings. The lowest BCUT2D eigenvalue weighted by molar-refractivity contribution is 0.441. The summed E-state index contributed by atoms with van der Waals surface area (Å²) in [7, 11) is 0. The van der Waals surface area contributed by atoms with E-state index in [-0.39, 0.29) is 16.8 Å². The first kappa shape index (κ1) is 13.8. The standard InChI is InChI=1S/C15H15ClFNO/c1-2-13(18)10-5-3-6-11(9-10)19-14-8-4-7-12(16)15(14)17/h3-9,13H,2,18H2,1H3. The second-order valence-corrected chi connectivity index (χ2v) is 4.65. The van der Waals surface area contributed by atoms with Gasteiger partial charge in [0, 0.05) is 6.04 Å². The lowest BCUT2D eigenvalue weighted by atomic mass is 10.1. The minimum Gasteiger partial charge on any atom is -0.454 e. The Hall–Kier alpha value is -1.58. The third-order valence-corrected chi connectivity index (χ3v) is 3.16. The summed E-state index contributed by atoms with van der Waals surface area (Å²) in [5.74, 6) is 0.0895. The second-order valence-electron chi connectivity index (χ2n) is 4.24. The normalized spacial score (nSPS) is 12.2. The van der Waals surface area contributed by atoms with Crippen LogP contribution in [0.25, 0.3) is 0 Å². The van der Waals surface area contributed by atoms with Gasteiger partial charge in [-0.2, -0.15) is 0 Å². The molecule has 0 amide bonds. The second kappa shape index (κ2) is 6.04. The van der Waals surface area contributed by atoms with E-state index in [2.05, 4.69) is 0 Å². The molecule has 0 aliphatic heterocycles. The van der Waals surface area contributed by atoms with Crippen molar-refractivity contribution in [1.29, 1.82) is 0 Å². The maximum absolute atomic E-state index is 13.7. The minimum atomic E-state index is -0.561. The molecule has 2 aromatic carbocycles. The zero-order chi connectivity index (χ0) is 13.8. The van der Waals surface area contributed by atoms with E-state index in [1.807, 2.05) is 25.1 Å². The van der Waals surface area contributed by atoms with Crippen molar-refractivity contribution in [3.63, 3.8) is 0 Å². The van der Waals surface area contributed by atoms with Gasteiger partial charge in [-0.25, -0.2) is 4.39 Å². The molecule has 100 valence electrons. The predicted octanol–water partition coefficient (Wildman–Crippen LogP) is 4.68. The van der Waals surface area contributed by atoms with Crippen LogP contribution in [-0.4, -0.2) is 0 Å². The summed E-state index contributed by atoms with van der Waals surface area (Å²) >= 11 is 5.71. The molecule has 2 aromatic rings. The lowest BCUT2D eigenvalue weighted by Gasteiger charge is -2.12. The highest BCUT2D eigenvalue weighted by molar-refractivity contribution is 6.30. The topological polar surface area (TPSA) is 35.2 Å². The molecule has 2 N–H and O–H groups in total. The maximum Gasteiger partial charge on any atom is 0.184 e. The Morgan fingerprint density at radius 2 is 2.00 bits per heavy atom. The van der Waals surface area contributed by atoms with Gasteiger partial charge >= 0.3 is 0 Å². The zero-order valence-corrected chi connectivity index (χ0v) is 11.3. The number of rotatable bonds is 4. The molecular weight excluding hydrogens is 265 g/mol. The largest absolute Gasteiger partial charge is 0.454 e. The van der Waals surface area contributed by atoms with Crippen LogP contribution in [0.2, 0.25) is 5.02 Å². The zero-order valence-electron chi connectivity index (χ0n) is 10.6. The monoisotopic (exact) mass is 279 g/mol. The summed E-state index contributed by atoms with van der Waals surface area (Å²) < 4.78 is 19.2. The molecule has 0 aliphatic rings. The van der Waals surface area contributed by atoms with Gasteiger partial charge in [-0.3, -0.25) is 0 Å². The fourth-order valence-electron chi connectivity index (χ4n) is 1.73. The highest BCUT2D eigenvalue weighted by atomic mass is 35.5. The highest BCUT2D eigenvalue weighted by Crippen LogP contribution is 2.29. The molecule has 0 bridgehead atoms. The van der Waals surface area contributed by atoms with Gasteiger partial charge in [0.05, 0.1) is 5.02 Å². The molecule has 2 rings (SSSR count). The molecule has 4 heteroatoms. The van der Waals surface area contributed by atoms with Crippen molar-refractivity contribution >= 4 is 11.6 Å². The first-order valence-corrected chi connectivity index (χ1v) is 6.47. The van der Waals surface area contributed by atoms with E-state index in [4.69, 9.17) is 22.1 Å². The van der Waals surface area contributed by atoms with E-state index in [1.54, 1.807) is 12.1 Å². The van der Waals surface area contributed by atoms with Crippen LogP contribution in [0.1, 0.15) is 24.9 Å². The van der Waals surface area contributed by atoms with Gasteiger partial charge in [-0.15, -0.1) is 0 Å². The molecular formula is C15H15ClFNO. The summed E-state index contributed by atoms with van der Waals surface area (Å²) in [5, 5.41) is 0.0407. The maximum atomic E-state index is 13.7. The van der Waals surface area contributed by atoms with Gasteiger partial charge in [0.25, 0.3) is 0 Å². The number of hydrogen-bond donors (Lipinski definition) is 1. The van der Waals surface area contributed by atoms with Crippen LogP contribution >= 0.6 is 11.6 Å². The van der Waals surface area contributed by atoms with Crippen LogP contribution < -0.4 is 10.5 Å². The Bertz CT molecular complexity index is 574. The van der Waals surface area contributed by atoms with Crippen LogP contribution in [0.3, 0.4) is 0 Å². The smallest absolute Gasteiger partial charge is 0.184 e. The van der Waals surface area contributed by atoms with E-state index in [1.165, 1.54) is 12.1 Å². The average molecular weight is 280 g/mol. The Labute approximate surface area is 117 Å². The molecule has 19 heavy (non-hydrogen) atoms. The molecule has 0 aromatic heterocycles. The lowest BCUT2D eigenvalue weighted by Crippen LogP contribution is -2.08. The fraction of sp³-hybridized carbons (Fsp3) is 0.200. The Balaban J connectivity index is 2.26. The summed E-state index contributed by atoms with van der Waals surface area (Å²) in [6.45, 7) is 2.01. The van der Waals surface area contributed by atoms with Crippen molar-refractivity contribution in [2.24, 2.45) is 5.73 Å². The van der Waals surface area contributed by atoms with E-state index in [0.717, 1.165) is 12.0 Å². The number of ether oxygens (including phenoxy) is 1. The number of halogens is 2. The van der Waals surface area contributed by atoms with Crippen LogP contribution in [0, 0.1) is 5.82 Å². The van der Waals surface area contributed by atoms with Gasteiger partial charge in [-0.1, -0.05) is 36.7 Å². The van der Waals surface area contributed by atoms with E-state index in [9.17, 15) is 4.39 Å². The third-order valence-electron chi connectivity index (χ3n) is 2.87. The highest BCUT2D eigenvalue weighted by Gasteiger charge is 2.09. The number of hydrogen-bond acceptors (Lipinski definition) is 2. The van der Waals surface area contributed by atoms with Gasteiger partial charge in [-0.05, 0) is 36.2 Å². The van der Waals surface area contributed by atoms with Crippen molar-refractivity contribution in [1.82, 2.24) is 0 Å². The molecule has 0 saturated heterocycles. The average Bonchev–Trinajstić information content (AvgIpc) is 2.43. The Morgan fingerprint density at radius 3 is 2.74 bits per heavy atom. The molecule has 0 heterocycles. The molecule has 0 saturated carbocycles. The van der Waals surface area contributed by atoms with Crippen molar-refractivity contribution < 1.29 is 9.13 Å².